The van der Waals surface area contributed by atoms with Gasteiger partial charge in [-0.2, -0.15) is 18.4 Å². The van der Waals surface area contributed by atoms with Crippen LogP contribution in [0, 0.1) is 39.9 Å². The Hall–Kier alpha value is -2.88. The van der Waals surface area contributed by atoms with E-state index < -0.39 is 64.7 Å². The van der Waals surface area contributed by atoms with Gasteiger partial charge >= 0.3 is 12.1 Å². The number of carbonyl (C=O) groups is 4. The standard InChI is InChI=1S/C23H32F3N5O5/c1-21(2,3)16(30-20(36)23(24,25)26)19(35)31-9-13-14(22(13,4)10-32)15(31)18(34)29-12(8-27)7-11-5-6-28-17(11)33/h11-16,32H,5-7,9-10H2,1-4H3,(H,28,33)(H,29,34)(H,30,36)/t11-,12-,13?,14?,15-,16+,22-/m0/s1. The number of aliphatic hydroxyl groups is 1. The van der Waals surface area contributed by atoms with E-state index in [0.717, 1.165) is 4.90 Å². The van der Waals surface area contributed by atoms with Crippen LogP contribution in [0.5, 0.6) is 0 Å². The number of nitriles is 1. The molecule has 2 saturated heterocycles. The summed E-state index contributed by atoms with van der Waals surface area (Å²) >= 11 is 0. The van der Waals surface area contributed by atoms with Gasteiger partial charge in [0.25, 0.3) is 0 Å². The second kappa shape index (κ2) is 9.53. The molecule has 3 rings (SSSR count). The molecule has 0 aromatic carbocycles. The predicted molar refractivity (Wildman–Crippen MR) is 118 cm³/mol. The number of aliphatic hydroxyl groups excluding tert-OH is 1. The van der Waals surface area contributed by atoms with E-state index >= 15 is 0 Å². The number of nitrogens with one attached hydrogen (secondary N) is 3. The lowest BCUT2D eigenvalue weighted by molar-refractivity contribution is -0.176. The van der Waals surface area contributed by atoms with Gasteiger partial charge in [-0.3, -0.25) is 19.2 Å². The average Bonchev–Trinajstić information content (AvgIpc) is 3.10. The average molecular weight is 516 g/mol. The Morgan fingerprint density at radius 1 is 1.28 bits per heavy atom. The number of alkyl halides is 3. The lowest BCUT2D eigenvalue weighted by atomic mass is 9.85. The highest BCUT2D eigenvalue weighted by molar-refractivity contribution is 5.95. The molecule has 2 unspecified atom stereocenters. The van der Waals surface area contributed by atoms with E-state index in [2.05, 4.69) is 10.6 Å². The van der Waals surface area contributed by atoms with Crippen LogP contribution in [0.2, 0.25) is 0 Å². The minimum absolute atomic E-state index is 0.00929. The zero-order valence-electron chi connectivity index (χ0n) is 20.6. The van der Waals surface area contributed by atoms with Crippen LogP contribution >= 0.6 is 0 Å². The van der Waals surface area contributed by atoms with Crippen molar-refractivity contribution < 1.29 is 37.5 Å². The summed E-state index contributed by atoms with van der Waals surface area (Å²) in [5.41, 5.74) is -1.78. The molecule has 36 heavy (non-hydrogen) atoms. The number of rotatable bonds is 7. The molecule has 0 aromatic heterocycles. The largest absolute Gasteiger partial charge is 0.471 e. The van der Waals surface area contributed by atoms with Gasteiger partial charge in [-0.1, -0.05) is 27.7 Å². The summed E-state index contributed by atoms with van der Waals surface area (Å²) in [4.78, 5) is 51.6. The SMILES string of the molecule is CC(C)(C)[C@H](NC(=O)C(F)(F)F)C(=O)N1CC2C([C@H]1C(=O)N[C@H](C#N)C[C@@H]1CCNC1=O)[C@@]2(C)CO. The molecule has 0 aromatic rings. The van der Waals surface area contributed by atoms with Crippen LogP contribution in [0.25, 0.3) is 0 Å². The molecule has 200 valence electrons. The molecule has 1 saturated carbocycles. The van der Waals surface area contributed by atoms with Gasteiger partial charge in [0.05, 0.1) is 6.07 Å². The van der Waals surface area contributed by atoms with E-state index in [4.69, 9.17) is 0 Å². The normalized spacial score (nSPS) is 31.1. The highest BCUT2D eigenvalue weighted by Gasteiger charge is 2.72. The quantitative estimate of drug-likeness (QED) is 0.377. The molecule has 3 aliphatic rings. The van der Waals surface area contributed by atoms with Crippen LogP contribution in [0.15, 0.2) is 0 Å². The summed E-state index contributed by atoms with van der Waals surface area (Å²) in [6, 6.07) is -1.80. The zero-order valence-corrected chi connectivity index (χ0v) is 20.6. The predicted octanol–water partition coefficient (Wildman–Crippen LogP) is 0.0696. The number of amides is 4. The molecule has 1 aliphatic carbocycles. The fourth-order valence-electron chi connectivity index (χ4n) is 5.46. The molecule has 4 amide bonds. The van der Waals surface area contributed by atoms with Gasteiger partial charge in [0.2, 0.25) is 17.7 Å². The van der Waals surface area contributed by atoms with Crippen molar-refractivity contribution in [2.24, 2.45) is 28.6 Å². The van der Waals surface area contributed by atoms with Crippen LogP contribution in [0.4, 0.5) is 13.2 Å². The number of nitrogens with zero attached hydrogens (tertiary/aromatic N) is 2. The Morgan fingerprint density at radius 3 is 2.39 bits per heavy atom. The minimum atomic E-state index is -5.20. The van der Waals surface area contributed by atoms with Crippen LogP contribution in [0.1, 0.15) is 40.5 Å². The lowest BCUT2D eigenvalue weighted by Crippen LogP contribution is -2.61. The first-order chi connectivity index (χ1) is 16.6. The Kier molecular flexibility index (Phi) is 7.34. The van der Waals surface area contributed by atoms with E-state index in [1.807, 2.05) is 6.07 Å². The zero-order chi connectivity index (χ0) is 27.2. The maximum Gasteiger partial charge on any atom is 0.471 e. The summed E-state index contributed by atoms with van der Waals surface area (Å²) in [7, 11) is 0. The summed E-state index contributed by atoms with van der Waals surface area (Å²) < 4.78 is 38.8. The number of halogens is 3. The topological polar surface area (TPSA) is 152 Å². The van der Waals surface area contributed by atoms with Gasteiger partial charge in [-0.25, -0.2) is 0 Å². The summed E-state index contributed by atoms with van der Waals surface area (Å²) in [6.07, 6.45) is -4.61. The Bertz CT molecular complexity index is 975. The maximum absolute atomic E-state index is 13.5. The van der Waals surface area contributed by atoms with Crippen molar-refractivity contribution >= 4 is 23.6 Å². The van der Waals surface area contributed by atoms with Crippen LogP contribution in [-0.4, -0.2) is 77.6 Å². The number of piperidine rings is 1. The van der Waals surface area contributed by atoms with E-state index in [-0.39, 0.29) is 31.4 Å². The molecule has 2 aliphatic heterocycles. The van der Waals surface area contributed by atoms with Gasteiger partial charge in [0.15, 0.2) is 0 Å². The molecule has 10 nitrogen and oxygen atoms in total. The van der Waals surface area contributed by atoms with Gasteiger partial charge in [-0.15, -0.1) is 0 Å². The van der Waals surface area contributed by atoms with Gasteiger partial charge in [0, 0.05) is 36.9 Å². The second-order valence-corrected chi connectivity index (χ2v) is 11.2. The maximum atomic E-state index is 13.5. The smallest absolute Gasteiger partial charge is 0.396 e. The Labute approximate surface area is 206 Å². The Morgan fingerprint density at radius 2 is 1.92 bits per heavy atom. The number of hydrogen-bond acceptors (Lipinski definition) is 6. The highest BCUT2D eigenvalue weighted by atomic mass is 19.4. The van der Waals surface area contributed by atoms with Crippen molar-refractivity contribution in [3.05, 3.63) is 0 Å². The van der Waals surface area contributed by atoms with Crippen molar-refractivity contribution in [3.63, 3.8) is 0 Å². The molecular weight excluding hydrogens is 483 g/mol. The monoisotopic (exact) mass is 515 g/mol. The van der Waals surface area contributed by atoms with Gasteiger partial charge < -0.3 is 26.0 Å². The molecule has 3 fully saturated rings. The number of fused-ring (bicyclic) bond motifs is 1. The van der Waals surface area contributed by atoms with E-state index in [1.165, 1.54) is 20.8 Å². The van der Waals surface area contributed by atoms with Crippen LogP contribution in [-0.2, 0) is 19.2 Å². The summed E-state index contributed by atoms with van der Waals surface area (Å²) in [5, 5.41) is 26.4. The highest BCUT2D eigenvalue weighted by Crippen LogP contribution is 2.65. The van der Waals surface area contributed by atoms with E-state index in [9.17, 15) is 42.7 Å². The minimum Gasteiger partial charge on any atom is -0.396 e. The first-order valence-corrected chi connectivity index (χ1v) is 11.8. The molecule has 7 atom stereocenters. The fourth-order valence-corrected chi connectivity index (χ4v) is 5.46. The molecule has 0 spiro atoms. The van der Waals surface area contributed by atoms with Crippen molar-refractivity contribution in [1.29, 1.82) is 5.26 Å². The number of carbonyl (C=O) groups excluding carboxylic acids is 4. The number of hydrogen-bond donors (Lipinski definition) is 4. The third-order valence-electron chi connectivity index (χ3n) is 7.70. The van der Waals surface area contributed by atoms with Gasteiger partial charge in [0.1, 0.15) is 18.1 Å². The molecule has 13 heteroatoms. The molecular formula is C23H32F3N5O5. The van der Waals surface area contributed by atoms with E-state index in [0.29, 0.717) is 13.0 Å². The second-order valence-electron chi connectivity index (χ2n) is 11.2. The molecule has 2 heterocycles. The molecule has 0 bridgehead atoms. The number of likely N-dealkylation sites (tertiary alicyclic amines) is 1. The van der Waals surface area contributed by atoms with Crippen molar-refractivity contribution in [1.82, 2.24) is 20.9 Å². The molecule has 4 N–H and O–H groups in total. The van der Waals surface area contributed by atoms with Crippen molar-refractivity contribution in [2.75, 3.05) is 19.7 Å². The first kappa shape index (κ1) is 27.7. The van der Waals surface area contributed by atoms with Crippen molar-refractivity contribution in [2.45, 2.75) is 64.8 Å². The summed E-state index contributed by atoms with van der Waals surface area (Å²) in [5.74, 6) is -5.21. The Balaban J connectivity index is 1.83. The summed E-state index contributed by atoms with van der Waals surface area (Å²) in [6.45, 7) is 6.45. The van der Waals surface area contributed by atoms with E-state index in [1.54, 1.807) is 12.2 Å². The molecule has 0 radical (unpaired) electrons. The van der Waals surface area contributed by atoms with Crippen LogP contribution in [0.3, 0.4) is 0 Å². The van der Waals surface area contributed by atoms with Gasteiger partial charge in [-0.05, 0) is 24.2 Å². The third kappa shape index (κ3) is 5.14. The van der Waals surface area contributed by atoms with Crippen LogP contribution < -0.4 is 16.0 Å². The third-order valence-corrected chi connectivity index (χ3v) is 7.70. The first-order valence-electron chi connectivity index (χ1n) is 11.8. The van der Waals surface area contributed by atoms with Crippen molar-refractivity contribution in [3.8, 4) is 6.07 Å². The fraction of sp³-hybridized carbons (Fsp3) is 0.783. The lowest BCUT2D eigenvalue weighted by Gasteiger charge is -2.38.